The molecule has 0 unspecified atom stereocenters. The van der Waals surface area contributed by atoms with Gasteiger partial charge in [0.2, 0.25) is 5.43 Å². The lowest BCUT2D eigenvalue weighted by Gasteiger charge is -2.20. The highest BCUT2D eigenvalue weighted by Gasteiger charge is 2.22. The first-order valence-corrected chi connectivity index (χ1v) is 8.08. The van der Waals surface area contributed by atoms with Crippen molar-refractivity contribution in [2.45, 2.75) is 12.8 Å². The second-order valence-electron chi connectivity index (χ2n) is 6.29. The number of halogens is 1. The molecule has 0 saturated carbocycles. The highest BCUT2D eigenvalue weighted by Crippen LogP contribution is 2.33. The van der Waals surface area contributed by atoms with Gasteiger partial charge in [0.1, 0.15) is 11.4 Å². The van der Waals surface area contributed by atoms with Crippen LogP contribution in [-0.4, -0.2) is 33.7 Å². The summed E-state index contributed by atoms with van der Waals surface area (Å²) in [5, 5.41) is 10.0. The normalized spacial score (nSPS) is 14.6. The van der Waals surface area contributed by atoms with Gasteiger partial charge < -0.3 is 14.6 Å². The molecule has 0 radical (unpaired) electrons. The molecule has 0 atom stereocenters. The van der Waals surface area contributed by atoms with Crippen LogP contribution in [0.5, 0.6) is 0 Å². The fourth-order valence-corrected chi connectivity index (χ4v) is 3.57. The van der Waals surface area contributed by atoms with Crippen LogP contribution < -0.4 is 10.3 Å². The minimum atomic E-state index is -1.28. The number of aryl methyl sites for hydroxylation is 1. The van der Waals surface area contributed by atoms with Crippen molar-refractivity contribution in [3.8, 4) is 0 Å². The second-order valence-corrected chi connectivity index (χ2v) is 6.29. The summed E-state index contributed by atoms with van der Waals surface area (Å²) >= 11 is 0. The van der Waals surface area contributed by atoms with Gasteiger partial charge in [-0.25, -0.2) is 9.18 Å². The Kier molecular flexibility index (Phi) is 3.45. The number of aromatic carboxylic acids is 1. The zero-order chi connectivity index (χ0) is 17.7. The monoisotopic (exact) mass is 341 g/mol. The molecule has 0 aliphatic carbocycles. The van der Waals surface area contributed by atoms with Crippen LogP contribution in [-0.2, 0) is 7.05 Å². The molecule has 0 amide bonds. The number of rotatable bonds is 2. The Morgan fingerprint density at radius 2 is 2.00 bits per heavy atom. The number of fused-ring (bicyclic) bond motifs is 3. The van der Waals surface area contributed by atoms with Gasteiger partial charge in [-0.2, -0.15) is 0 Å². The molecular formula is C18H16FN3O3. The van der Waals surface area contributed by atoms with Crippen LogP contribution in [0.15, 0.2) is 29.3 Å². The van der Waals surface area contributed by atoms with E-state index in [1.807, 2.05) is 4.90 Å². The highest BCUT2D eigenvalue weighted by atomic mass is 19.1. The topological polar surface area (TPSA) is 75.4 Å². The molecule has 0 bridgehead atoms. The van der Waals surface area contributed by atoms with Crippen molar-refractivity contribution in [3.05, 3.63) is 46.1 Å². The molecule has 1 fully saturated rings. The molecule has 6 nitrogen and oxygen atoms in total. The molecule has 128 valence electrons. The maximum absolute atomic E-state index is 14.5. The smallest absolute Gasteiger partial charge is 0.341 e. The minimum Gasteiger partial charge on any atom is -0.477 e. The van der Waals surface area contributed by atoms with Crippen molar-refractivity contribution in [2.75, 3.05) is 18.0 Å². The molecule has 2 aromatic heterocycles. The summed E-state index contributed by atoms with van der Waals surface area (Å²) in [6.07, 6.45) is 4.75. The van der Waals surface area contributed by atoms with E-state index in [1.165, 1.54) is 24.5 Å². The third kappa shape index (κ3) is 2.26. The minimum absolute atomic E-state index is 0.257. The molecule has 3 heterocycles. The van der Waals surface area contributed by atoms with E-state index in [0.717, 1.165) is 25.9 Å². The summed E-state index contributed by atoms with van der Waals surface area (Å²) in [6, 6.07) is 2.83. The third-order valence-corrected chi connectivity index (χ3v) is 4.77. The first-order valence-electron chi connectivity index (χ1n) is 8.08. The number of benzene rings is 1. The standard InChI is InChI=1S/C18H16FN3O3/c1-21-9-11(18(24)25)17(23)14-10-4-5-12(19)16(22-6-2-3-7-22)15(10)20-8-13(14)21/h4-5,8-9H,2-3,6-7H2,1H3,(H,24,25). The number of nitrogens with zero attached hydrogens (tertiary/aromatic N) is 3. The van der Waals surface area contributed by atoms with Crippen LogP contribution in [0, 0.1) is 5.82 Å². The molecule has 0 spiro atoms. The second kappa shape index (κ2) is 5.54. The first-order chi connectivity index (χ1) is 12.0. The molecular weight excluding hydrogens is 325 g/mol. The molecule has 1 aliphatic heterocycles. The quantitative estimate of drug-likeness (QED) is 0.725. The number of hydrogen-bond acceptors (Lipinski definition) is 4. The van der Waals surface area contributed by atoms with E-state index in [9.17, 15) is 19.1 Å². The summed E-state index contributed by atoms with van der Waals surface area (Å²) < 4.78 is 16.1. The summed E-state index contributed by atoms with van der Waals surface area (Å²) in [6.45, 7) is 1.48. The Morgan fingerprint density at radius 1 is 1.28 bits per heavy atom. The van der Waals surface area contributed by atoms with Gasteiger partial charge in [-0.15, -0.1) is 0 Å². The predicted octanol–water partition coefficient (Wildman–Crippen LogP) is 2.52. The largest absolute Gasteiger partial charge is 0.477 e. The van der Waals surface area contributed by atoms with Crippen molar-refractivity contribution in [1.29, 1.82) is 0 Å². The van der Waals surface area contributed by atoms with Gasteiger partial charge in [0.05, 0.1) is 28.3 Å². The van der Waals surface area contributed by atoms with Gasteiger partial charge in [-0.3, -0.25) is 9.78 Å². The van der Waals surface area contributed by atoms with Crippen LogP contribution in [0.25, 0.3) is 21.8 Å². The van der Waals surface area contributed by atoms with Crippen molar-refractivity contribution >= 4 is 33.5 Å². The van der Waals surface area contributed by atoms with Gasteiger partial charge in [-0.1, -0.05) is 0 Å². The summed E-state index contributed by atoms with van der Waals surface area (Å²) in [5.74, 6) is -1.66. The lowest BCUT2D eigenvalue weighted by Crippen LogP contribution is -2.21. The zero-order valence-electron chi connectivity index (χ0n) is 13.6. The van der Waals surface area contributed by atoms with Crippen LogP contribution in [0.4, 0.5) is 10.1 Å². The lowest BCUT2D eigenvalue weighted by molar-refractivity contribution is 0.0695. The van der Waals surface area contributed by atoms with E-state index in [4.69, 9.17) is 0 Å². The average Bonchev–Trinajstić information content (AvgIpc) is 3.10. The Labute approximate surface area is 142 Å². The van der Waals surface area contributed by atoms with Gasteiger partial charge in [0, 0.05) is 31.7 Å². The molecule has 1 aliphatic rings. The number of pyridine rings is 2. The SMILES string of the molecule is Cn1cc(C(=O)O)c(=O)c2c3ccc(F)c(N4CCCC4)c3ncc21. The molecule has 1 aromatic carbocycles. The lowest BCUT2D eigenvalue weighted by atomic mass is 10.1. The van der Waals surface area contributed by atoms with Gasteiger partial charge in [-0.05, 0) is 25.0 Å². The van der Waals surface area contributed by atoms with E-state index < -0.39 is 11.4 Å². The van der Waals surface area contributed by atoms with Crippen molar-refractivity contribution in [3.63, 3.8) is 0 Å². The Hall–Kier alpha value is -2.96. The van der Waals surface area contributed by atoms with E-state index in [-0.39, 0.29) is 16.8 Å². The number of carbonyl (C=O) groups is 1. The predicted molar refractivity (Wildman–Crippen MR) is 92.9 cm³/mol. The molecule has 3 aromatic rings. The molecule has 4 rings (SSSR count). The zero-order valence-corrected chi connectivity index (χ0v) is 13.6. The van der Waals surface area contributed by atoms with Crippen LogP contribution in [0.3, 0.4) is 0 Å². The molecule has 1 N–H and O–H groups in total. The van der Waals surface area contributed by atoms with E-state index in [0.29, 0.717) is 22.1 Å². The van der Waals surface area contributed by atoms with E-state index >= 15 is 0 Å². The number of carboxylic acid groups (broad SMARTS) is 1. The Morgan fingerprint density at radius 3 is 2.68 bits per heavy atom. The number of carboxylic acids is 1. The third-order valence-electron chi connectivity index (χ3n) is 4.77. The summed E-state index contributed by atoms with van der Waals surface area (Å²) in [5.41, 5.74) is 0.414. The van der Waals surface area contributed by atoms with Crippen molar-refractivity contribution in [2.24, 2.45) is 7.05 Å². The fraction of sp³-hybridized carbons (Fsp3) is 0.278. The fourth-order valence-electron chi connectivity index (χ4n) is 3.57. The van der Waals surface area contributed by atoms with Gasteiger partial charge >= 0.3 is 5.97 Å². The number of aromatic nitrogens is 2. The Balaban J connectivity index is 2.15. The van der Waals surface area contributed by atoms with Crippen LogP contribution in [0.1, 0.15) is 23.2 Å². The van der Waals surface area contributed by atoms with Crippen molar-refractivity contribution in [1.82, 2.24) is 9.55 Å². The molecule has 25 heavy (non-hydrogen) atoms. The first kappa shape index (κ1) is 15.6. The maximum atomic E-state index is 14.5. The van der Waals surface area contributed by atoms with E-state index in [2.05, 4.69) is 4.98 Å². The Bertz CT molecular complexity index is 1080. The summed E-state index contributed by atoms with van der Waals surface area (Å²) in [7, 11) is 1.66. The molecule has 1 saturated heterocycles. The van der Waals surface area contributed by atoms with E-state index in [1.54, 1.807) is 11.6 Å². The van der Waals surface area contributed by atoms with Gasteiger partial charge in [0.25, 0.3) is 0 Å². The number of anilines is 1. The summed E-state index contributed by atoms with van der Waals surface area (Å²) in [4.78, 5) is 30.4. The maximum Gasteiger partial charge on any atom is 0.341 e. The van der Waals surface area contributed by atoms with Crippen LogP contribution >= 0.6 is 0 Å². The molecule has 7 heteroatoms. The van der Waals surface area contributed by atoms with Crippen molar-refractivity contribution < 1.29 is 14.3 Å². The average molecular weight is 341 g/mol. The van der Waals surface area contributed by atoms with Gasteiger partial charge in [0.15, 0.2) is 0 Å². The number of hydrogen-bond donors (Lipinski definition) is 1. The van der Waals surface area contributed by atoms with Crippen LogP contribution in [0.2, 0.25) is 0 Å². The highest BCUT2D eigenvalue weighted by molar-refractivity contribution is 6.09.